The molecule has 1 fully saturated rings. The molecule has 0 unspecified atom stereocenters. The van der Waals surface area contributed by atoms with Crippen LogP contribution in [0.3, 0.4) is 0 Å². The fourth-order valence-electron chi connectivity index (χ4n) is 2.31. The smallest absolute Gasteiger partial charge is 0.233 e. The van der Waals surface area contributed by atoms with Gasteiger partial charge in [-0.15, -0.1) is 0 Å². The Morgan fingerprint density at radius 3 is 2.62 bits per heavy atom. The number of carbonyl (C=O) groups excluding carboxylic acids is 1. The molecule has 3 heteroatoms. The highest BCUT2D eigenvalue weighted by atomic mass is 16.1. The first kappa shape index (κ1) is 13.5. The summed E-state index contributed by atoms with van der Waals surface area (Å²) in [5.41, 5.74) is 0. The maximum absolute atomic E-state index is 11.3. The zero-order valence-electron chi connectivity index (χ0n) is 10.6. The molecule has 1 aliphatic rings. The Hall–Kier alpha value is -0.570. The quantitative estimate of drug-likeness (QED) is 0.653. The van der Waals surface area contributed by atoms with Crippen molar-refractivity contribution in [3.05, 3.63) is 0 Å². The molecule has 0 radical (unpaired) electrons. The van der Waals surface area contributed by atoms with Gasteiger partial charge in [-0.25, -0.2) is 0 Å². The largest absolute Gasteiger partial charge is 0.355 e. The van der Waals surface area contributed by atoms with Crippen LogP contribution in [0.15, 0.2) is 0 Å². The number of hydrogen-bond acceptors (Lipinski definition) is 2. The van der Waals surface area contributed by atoms with Gasteiger partial charge in [0, 0.05) is 6.54 Å². The normalized spacial score (nSPS) is 17.3. The summed E-state index contributed by atoms with van der Waals surface area (Å²) in [6, 6.07) is 0. The lowest BCUT2D eigenvalue weighted by Gasteiger charge is -2.21. The van der Waals surface area contributed by atoms with E-state index in [2.05, 4.69) is 17.6 Å². The molecule has 0 aromatic rings. The van der Waals surface area contributed by atoms with Gasteiger partial charge in [-0.05, 0) is 25.3 Å². The molecule has 16 heavy (non-hydrogen) atoms. The molecule has 0 aromatic heterocycles. The summed E-state index contributed by atoms with van der Waals surface area (Å²) in [6.07, 6.45) is 9.26. The molecule has 1 amide bonds. The maximum Gasteiger partial charge on any atom is 0.233 e. The molecular formula is C13H26N2O. The van der Waals surface area contributed by atoms with Gasteiger partial charge in [-0.1, -0.05) is 39.0 Å². The molecule has 3 nitrogen and oxygen atoms in total. The second kappa shape index (κ2) is 8.57. The Balaban J connectivity index is 1.92. The van der Waals surface area contributed by atoms with Crippen LogP contribution < -0.4 is 10.6 Å². The first-order chi connectivity index (χ1) is 7.83. The van der Waals surface area contributed by atoms with E-state index in [0.29, 0.717) is 6.54 Å². The van der Waals surface area contributed by atoms with Crippen LogP contribution >= 0.6 is 0 Å². The van der Waals surface area contributed by atoms with E-state index in [1.807, 2.05) is 0 Å². The van der Waals surface area contributed by atoms with Crippen LogP contribution in [0.4, 0.5) is 0 Å². The van der Waals surface area contributed by atoms with Crippen LogP contribution in [-0.4, -0.2) is 25.5 Å². The Kier molecular flexibility index (Phi) is 7.23. The van der Waals surface area contributed by atoms with Crippen molar-refractivity contribution < 1.29 is 4.79 Å². The van der Waals surface area contributed by atoms with Crippen molar-refractivity contribution in [1.82, 2.24) is 10.6 Å². The van der Waals surface area contributed by atoms with Gasteiger partial charge in [0.2, 0.25) is 5.91 Å². The van der Waals surface area contributed by atoms with E-state index >= 15 is 0 Å². The van der Waals surface area contributed by atoms with Crippen LogP contribution in [0.5, 0.6) is 0 Å². The molecule has 0 saturated heterocycles. The Bertz CT molecular complexity index is 188. The van der Waals surface area contributed by atoms with Gasteiger partial charge in [0.15, 0.2) is 0 Å². The number of nitrogens with one attached hydrogen (secondary N) is 2. The molecule has 94 valence electrons. The highest BCUT2D eigenvalue weighted by molar-refractivity contribution is 5.77. The van der Waals surface area contributed by atoms with Crippen molar-refractivity contribution in [1.29, 1.82) is 0 Å². The van der Waals surface area contributed by atoms with Crippen molar-refractivity contribution in [2.24, 2.45) is 5.92 Å². The van der Waals surface area contributed by atoms with Gasteiger partial charge in [-0.3, -0.25) is 4.79 Å². The van der Waals surface area contributed by atoms with Crippen molar-refractivity contribution in [3.63, 3.8) is 0 Å². The van der Waals surface area contributed by atoms with E-state index in [4.69, 9.17) is 0 Å². The minimum absolute atomic E-state index is 0.130. The van der Waals surface area contributed by atoms with E-state index in [0.717, 1.165) is 25.4 Å². The second-order valence-electron chi connectivity index (χ2n) is 4.82. The standard InChI is InChI=1S/C13H26N2O/c1-2-9-15-13(16)11-14-10-8-12-6-4-3-5-7-12/h12,14H,2-11H2,1H3,(H,15,16). The van der Waals surface area contributed by atoms with E-state index in [1.165, 1.54) is 38.5 Å². The van der Waals surface area contributed by atoms with Crippen LogP contribution in [0.25, 0.3) is 0 Å². The fourth-order valence-corrected chi connectivity index (χ4v) is 2.31. The van der Waals surface area contributed by atoms with Crippen LogP contribution in [-0.2, 0) is 4.79 Å². The molecule has 0 atom stereocenters. The first-order valence-electron chi connectivity index (χ1n) is 6.80. The summed E-state index contributed by atoms with van der Waals surface area (Å²) in [5, 5.41) is 6.10. The van der Waals surface area contributed by atoms with Crippen LogP contribution in [0.1, 0.15) is 51.9 Å². The van der Waals surface area contributed by atoms with Gasteiger partial charge < -0.3 is 10.6 Å². The third kappa shape index (κ3) is 6.11. The van der Waals surface area contributed by atoms with E-state index in [-0.39, 0.29) is 5.91 Å². The lowest BCUT2D eigenvalue weighted by Crippen LogP contribution is -2.35. The van der Waals surface area contributed by atoms with Gasteiger partial charge in [-0.2, -0.15) is 0 Å². The number of rotatable bonds is 7. The minimum atomic E-state index is 0.130. The molecule has 1 saturated carbocycles. The van der Waals surface area contributed by atoms with Gasteiger partial charge in [0.1, 0.15) is 0 Å². The zero-order valence-corrected chi connectivity index (χ0v) is 10.6. The molecular weight excluding hydrogens is 200 g/mol. The van der Waals surface area contributed by atoms with Crippen molar-refractivity contribution in [2.75, 3.05) is 19.6 Å². The van der Waals surface area contributed by atoms with Crippen molar-refractivity contribution in [3.8, 4) is 0 Å². The summed E-state index contributed by atoms with van der Waals surface area (Å²) in [7, 11) is 0. The monoisotopic (exact) mass is 226 g/mol. The van der Waals surface area contributed by atoms with E-state index in [9.17, 15) is 4.79 Å². The third-order valence-corrected chi connectivity index (χ3v) is 3.31. The van der Waals surface area contributed by atoms with Gasteiger partial charge in [0.05, 0.1) is 6.54 Å². The second-order valence-corrected chi connectivity index (χ2v) is 4.82. The Morgan fingerprint density at radius 1 is 1.19 bits per heavy atom. The molecule has 0 heterocycles. The van der Waals surface area contributed by atoms with Crippen molar-refractivity contribution in [2.45, 2.75) is 51.9 Å². The zero-order chi connectivity index (χ0) is 11.6. The van der Waals surface area contributed by atoms with Crippen LogP contribution in [0.2, 0.25) is 0 Å². The van der Waals surface area contributed by atoms with E-state index < -0.39 is 0 Å². The van der Waals surface area contributed by atoms with Gasteiger partial charge >= 0.3 is 0 Å². The Morgan fingerprint density at radius 2 is 1.94 bits per heavy atom. The predicted octanol–water partition coefficient (Wildman–Crippen LogP) is 2.07. The summed E-state index contributed by atoms with van der Waals surface area (Å²) in [5.74, 6) is 1.03. The number of amides is 1. The summed E-state index contributed by atoms with van der Waals surface area (Å²) >= 11 is 0. The van der Waals surface area contributed by atoms with Crippen molar-refractivity contribution >= 4 is 5.91 Å². The maximum atomic E-state index is 11.3. The lowest BCUT2D eigenvalue weighted by molar-refractivity contribution is -0.120. The SMILES string of the molecule is CCCNC(=O)CNCCC1CCCCC1. The summed E-state index contributed by atoms with van der Waals surface area (Å²) in [6.45, 7) is 4.33. The fraction of sp³-hybridized carbons (Fsp3) is 0.923. The lowest BCUT2D eigenvalue weighted by atomic mass is 9.87. The summed E-state index contributed by atoms with van der Waals surface area (Å²) in [4.78, 5) is 11.3. The van der Waals surface area contributed by atoms with E-state index in [1.54, 1.807) is 0 Å². The Labute approximate surface area is 99.4 Å². The number of carbonyl (C=O) groups is 1. The van der Waals surface area contributed by atoms with Gasteiger partial charge in [0.25, 0.3) is 0 Å². The average Bonchev–Trinajstić information content (AvgIpc) is 2.33. The summed E-state index contributed by atoms with van der Waals surface area (Å²) < 4.78 is 0. The third-order valence-electron chi connectivity index (χ3n) is 3.31. The highest BCUT2D eigenvalue weighted by Gasteiger charge is 2.12. The first-order valence-corrected chi connectivity index (χ1v) is 6.80. The molecule has 0 aromatic carbocycles. The topological polar surface area (TPSA) is 41.1 Å². The highest BCUT2D eigenvalue weighted by Crippen LogP contribution is 2.25. The molecule has 1 rings (SSSR count). The molecule has 0 bridgehead atoms. The molecule has 0 aliphatic heterocycles. The predicted molar refractivity (Wildman–Crippen MR) is 67.4 cm³/mol. The molecule has 1 aliphatic carbocycles. The molecule has 0 spiro atoms. The average molecular weight is 226 g/mol. The minimum Gasteiger partial charge on any atom is -0.355 e. The number of hydrogen-bond donors (Lipinski definition) is 2. The molecule has 2 N–H and O–H groups in total. The van der Waals surface area contributed by atoms with Crippen LogP contribution in [0, 0.1) is 5.92 Å².